The van der Waals surface area contributed by atoms with E-state index in [0.29, 0.717) is 11.5 Å². The maximum absolute atomic E-state index is 10.1. The number of aliphatic hydroxyl groups excluding tert-OH is 5. The first-order valence-corrected chi connectivity index (χ1v) is 6.43. The zero-order chi connectivity index (χ0) is 15.2. The minimum atomic E-state index is -1.93. The zero-order valence-corrected chi connectivity index (χ0v) is 10.9. The molecule has 116 valence electrons. The number of benzene rings is 1. The highest BCUT2D eigenvalue weighted by molar-refractivity contribution is 5.42. The van der Waals surface area contributed by atoms with Gasteiger partial charge in [-0.15, -0.1) is 0 Å². The molecule has 1 aromatic carbocycles. The minimum absolute atomic E-state index is 0.376. The lowest BCUT2D eigenvalue weighted by molar-refractivity contribution is -0.358. The summed E-state index contributed by atoms with van der Waals surface area (Å²) in [6.45, 7) is -0.798. The molecule has 5 N–H and O–H groups in total. The summed E-state index contributed by atoms with van der Waals surface area (Å²) in [7, 11) is 0. The number of hydrogen-bond donors (Lipinski definition) is 5. The Morgan fingerprint density at radius 1 is 0.952 bits per heavy atom. The van der Waals surface area contributed by atoms with E-state index in [-0.39, 0.29) is 0 Å². The largest absolute Gasteiger partial charge is 0.448 e. The number of aliphatic hydroxyl groups is 5. The van der Waals surface area contributed by atoms with Gasteiger partial charge < -0.3 is 39.7 Å². The summed E-state index contributed by atoms with van der Waals surface area (Å²) >= 11 is 0. The summed E-state index contributed by atoms with van der Waals surface area (Å²) < 4.78 is 16.1. The van der Waals surface area contributed by atoms with E-state index in [2.05, 4.69) is 0 Å². The number of para-hydroxylation sites is 2. The van der Waals surface area contributed by atoms with Crippen LogP contribution in [-0.2, 0) is 4.74 Å². The molecular weight excluding hydrogens is 284 g/mol. The monoisotopic (exact) mass is 300 g/mol. The van der Waals surface area contributed by atoms with E-state index in [4.69, 9.17) is 14.2 Å². The van der Waals surface area contributed by atoms with Gasteiger partial charge in [0.15, 0.2) is 23.4 Å². The van der Waals surface area contributed by atoms with Crippen molar-refractivity contribution in [3.05, 3.63) is 24.3 Å². The molecule has 0 spiro atoms. The maximum Gasteiger partial charge on any atom is 0.275 e. The van der Waals surface area contributed by atoms with Gasteiger partial charge in [0, 0.05) is 0 Å². The van der Waals surface area contributed by atoms with Crippen molar-refractivity contribution in [2.75, 3.05) is 6.61 Å². The van der Waals surface area contributed by atoms with Gasteiger partial charge in [0.05, 0.1) is 6.61 Å². The van der Waals surface area contributed by atoms with E-state index in [1.54, 1.807) is 24.3 Å². The molecule has 0 aromatic heterocycles. The first-order valence-electron chi connectivity index (χ1n) is 6.43. The second kappa shape index (κ2) is 5.09. The Morgan fingerprint density at radius 2 is 1.52 bits per heavy atom. The molecule has 8 nitrogen and oxygen atoms in total. The van der Waals surface area contributed by atoms with E-state index in [1.807, 2.05) is 0 Å². The molecular formula is C13H16O8. The second-order valence-electron chi connectivity index (χ2n) is 5.06. The lowest BCUT2D eigenvalue weighted by Crippen LogP contribution is -2.71. The summed E-state index contributed by atoms with van der Waals surface area (Å²) in [5.74, 6) is 0.752. The molecule has 2 aliphatic rings. The number of rotatable bonds is 2. The van der Waals surface area contributed by atoms with Gasteiger partial charge in [-0.3, -0.25) is 0 Å². The van der Waals surface area contributed by atoms with Crippen molar-refractivity contribution in [1.29, 1.82) is 0 Å². The number of ether oxygens (including phenoxy) is 3. The Balaban J connectivity index is 1.91. The Kier molecular flexibility index (Phi) is 3.52. The highest BCUT2D eigenvalue weighted by Gasteiger charge is 2.60. The van der Waals surface area contributed by atoms with Crippen LogP contribution in [0.4, 0.5) is 0 Å². The van der Waals surface area contributed by atoms with E-state index in [0.717, 1.165) is 0 Å². The van der Waals surface area contributed by atoms with Gasteiger partial charge in [0.1, 0.15) is 18.3 Å². The summed E-state index contributed by atoms with van der Waals surface area (Å²) in [5.41, 5.74) is -1.93. The summed E-state index contributed by atoms with van der Waals surface area (Å²) in [5, 5.41) is 48.7. The molecule has 0 saturated carbocycles. The highest BCUT2D eigenvalue weighted by Crippen LogP contribution is 2.42. The molecule has 0 amide bonds. The Bertz CT molecular complexity index is 498. The first kappa shape index (κ1) is 14.5. The second-order valence-corrected chi connectivity index (χ2v) is 5.06. The van der Waals surface area contributed by atoms with Crippen LogP contribution in [0.25, 0.3) is 0 Å². The number of hydrogen-bond acceptors (Lipinski definition) is 8. The lowest BCUT2D eigenvalue weighted by atomic mass is 9.86. The fraction of sp³-hybridized carbons (Fsp3) is 0.538. The Labute approximate surface area is 119 Å². The standard InChI is InChI=1S/C13H16O8/c14-5-13(10(17)8(15)9(16)11(18)21-13)12-19-6-3-1-2-4-7(6)20-12/h1-4,8-12,14-18H,5H2/t8-,9-,10+,11-,13-/m1/s1. The average molecular weight is 300 g/mol. The third-order valence-corrected chi connectivity index (χ3v) is 3.77. The van der Waals surface area contributed by atoms with Crippen molar-refractivity contribution >= 4 is 0 Å². The molecule has 1 fully saturated rings. The predicted molar refractivity (Wildman–Crippen MR) is 66.4 cm³/mol. The molecule has 2 aliphatic heterocycles. The van der Waals surface area contributed by atoms with Crippen molar-refractivity contribution in [3.8, 4) is 11.5 Å². The van der Waals surface area contributed by atoms with E-state index >= 15 is 0 Å². The van der Waals surface area contributed by atoms with Crippen molar-refractivity contribution in [2.24, 2.45) is 0 Å². The van der Waals surface area contributed by atoms with Crippen LogP contribution in [0, 0.1) is 0 Å². The smallest absolute Gasteiger partial charge is 0.275 e. The minimum Gasteiger partial charge on any atom is -0.448 e. The van der Waals surface area contributed by atoms with Crippen LogP contribution < -0.4 is 9.47 Å². The van der Waals surface area contributed by atoms with Gasteiger partial charge >= 0.3 is 0 Å². The van der Waals surface area contributed by atoms with Crippen LogP contribution in [0.2, 0.25) is 0 Å². The molecule has 1 saturated heterocycles. The molecule has 2 heterocycles. The molecule has 1 aromatic rings. The number of fused-ring (bicyclic) bond motifs is 1. The molecule has 0 radical (unpaired) electrons. The van der Waals surface area contributed by atoms with Gasteiger partial charge in [0.25, 0.3) is 6.29 Å². The fourth-order valence-corrected chi connectivity index (χ4v) is 2.51. The van der Waals surface area contributed by atoms with Gasteiger partial charge in [-0.05, 0) is 12.1 Å². The summed E-state index contributed by atoms with van der Waals surface area (Å²) in [4.78, 5) is 0. The van der Waals surface area contributed by atoms with Crippen LogP contribution in [-0.4, -0.2) is 68.6 Å². The zero-order valence-electron chi connectivity index (χ0n) is 10.9. The third kappa shape index (κ3) is 2.08. The van der Waals surface area contributed by atoms with Gasteiger partial charge in [-0.2, -0.15) is 0 Å². The Hall–Kier alpha value is -1.42. The molecule has 8 heteroatoms. The predicted octanol–water partition coefficient (Wildman–Crippen LogP) is -2.05. The third-order valence-electron chi connectivity index (χ3n) is 3.77. The quantitative estimate of drug-likeness (QED) is 0.422. The molecule has 3 rings (SSSR count). The molecule has 0 unspecified atom stereocenters. The van der Waals surface area contributed by atoms with Crippen LogP contribution in [0.5, 0.6) is 11.5 Å². The average Bonchev–Trinajstić information content (AvgIpc) is 2.93. The summed E-state index contributed by atoms with van der Waals surface area (Å²) in [6, 6.07) is 6.66. The highest BCUT2D eigenvalue weighted by atomic mass is 16.8. The van der Waals surface area contributed by atoms with Crippen molar-refractivity contribution in [3.63, 3.8) is 0 Å². The van der Waals surface area contributed by atoms with Crippen molar-refractivity contribution in [1.82, 2.24) is 0 Å². The van der Waals surface area contributed by atoms with E-state index < -0.39 is 43.1 Å². The van der Waals surface area contributed by atoms with E-state index in [1.165, 1.54) is 0 Å². The van der Waals surface area contributed by atoms with Crippen molar-refractivity contribution < 1.29 is 39.7 Å². The van der Waals surface area contributed by atoms with Gasteiger partial charge in [-0.1, -0.05) is 12.1 Å². The molecule has 0 aliphatic carbocycles. The molecule has 5 atom stereocenters. The van der Waals surface area contributed by atoms with E-state index in [9.17, 15) is 25.5 Å². The van der Waals surface area contributed by atoms with Crippen LogP contribution in [0.1, 0.15) is 0 Å². The van der Waals surface area contributed by atoms with Gasteiger partial charge in [0.2, 0.25) is 0 Å². The topological polar surface area (TPSA) is 129 Å². The van der Waals surface area contributed by atoms with Crippen LogP contribution in [0.15, 0.2) is 24.3 Å². The summed E-state index contributed by atoms with van der Waals surface area (Å²) in [6.07, 6.45) is -8.24. The molecule has 0 bridgehead atoms. The first-order chi connectivity index (χ1) is 9.99. The molecule has 21 heavy (non-hydrogen) atoms. The van der Waals surface area contributed by atoms with Crippen LogP contribution in [0.3, 0.4) is 0 Å². The van der Waals surface area contributed by atoms with Crippen LogP contribution >= 0.6 is 0 Å². The fourth-order valence-electron chi connectivity index (χ4n) is 2.51. The maximum atomic E-state index is 10.1. The lowest BCUT2D eigenvalue weighted by Gasteiger charge is -2.47. The normalized spacial score (nSPS) is 39.5. The SMILES string of the molecule is OC[C@@]1(C2Oc3ccccc3O2)O[C@@H](O)[C@H](O)[C@@H](O)[C@@H]1O. The Morgan fingerprint density at radius 3 is 2.05 bits per heavy atom. The van der Waals surface area contributed by atoms with Gasteiger partial charge in [-0.25, -0.2) is 0 Å². The van der Waals surface area contributed by atoms with Crippen molar-refractivity contribution in [2.45, 2.75) is 36.5 Å².